The lowest BCUT2D eigenvalue weighted by Crippen LogP contribution is -2.50. The number of hydrogen-bond donors (Lipinski definition) is 1. The van der Waals surface area contributed by atoms with Crippen LogP contribution in [0.4, 0.5) is 0 Å². The quantitative estimate of drug-likeness (QED) is 0.924. The fraction of sp³-hybridized carbons (Fsp3) is 0.692. The Balaban J connectivity index is 2.01. The summed E-state index contributed by atoms with van der Waals surface area (Å²) in [7, 11) is 0. The Labute approximate surface area is 117 Å². The Morgan fingerprint density at radius 1 is 1.28 bits per heavy atom. The van der Waals surface area contributed by atoms with Gasteiger partial charge in [0.25, 0.3) is 0 Å². The predicted octanol–water partition coefficient (Wildman–Crippen LogP) is 2.07. The highest BCUT2D eigenvalue weighted by Gasteiger charge is 2.27. The molecule has 0 amide bonds. The maximum atomic E-state index is 5.92. The fourth-order valence-corrected chi connectivity index (χ4v) is 3.00. The van der Waals surface area contributed by atoms with Gasteiger partial charge in [-0.2, -0.15) is 0 Å². The summed E-state index contributed by atoms with van der Waals surface area (Å²) in [6.07, 6.45) is 1.71. The van der Waals surface area contributed by atoms with Gasteiger partial charge in [-0.05, 0) is 35.8 Å². The van der Waals surface area contributed by atoms with Crippen molar-refractivity contribution in [3.05, 3.63) is 22.6 Å². The molecule has 0 bridgehead atoms. The predicted molar refractivity (Wildman–Crippen MR) is 76.5 cm³/mol. The lowest BCUT2D eigenvalue weighted by Gasteiger charge is -2.40. The van der Waals surface area contributed by atoms with E-state index in [1.807, 2.05) is 6.07 Å². The molecule has 1 unspecified atom stereocenters. The first-order valence-corrected chi connectivity index (χ1v) is 7.33. The molecule has 0 saturated carbocycles. The molecule has 2 heterocycles. The molecule has 0 aromatic carbocycles. The number of rotatable bonds is 4. The highest BCUT2D eigenvalue weighted by Crippen LogP contribution is 2.29. The number of nitrogens with two attached hydrogens (primary N) is 1. The van der Waals surface area contributed by atoms with Crippen LogP contribution in [-0.2, 0) is 0 Å². The molecular weight excluding hydrogens is 294 g/mol. The van der Waals surface area contributed by atoms with E-state index in [2.05, 4.69) is 39.6 Å². The molecule has 2 rings (SSSR count). The van der Waals surface area contributed by atoms with Gasteiger partial charge in [-0.15, -0.1) is 0 Å². The highest BCUT2D eigenvalue weighted by atomic mass is 79.9. The summed E-state index contributed by atoms with van der Waals surface area (Å²) in [6.45, 7) is 9.39. The van der Waals surface area contributed by atoms with E-state index in [-0.39, 0.29) is 6.04 Å². The molecule has 1 aromatic rings. The maximum Gasteiger partial charge on any atom is 0.136 e. The number of hydrogen-bond acceptors (Lipinski definition) is 4. The third-order valence-electron chi connectivity index (χ3n) is 3.69. The van der Waals surface area contributed by atoms with Crippen LogP contribution >= 0.6 is 15.9 Å². The van der Waals surface area contributed by atoms with E-state index in [9.17, 15) is 0 Å². The van der Waals surface area contributed by atoms with Crippen molar-refractivity contribution in [3.8, 4) is 0 Å². The van der Waals surface area contributed by atoms with Crippen molar-refractivity contribution in [2.45, 2.75) is 25.9 Å². The monoisotopic (exact) mass is 315 g/mol. The largest absolute Gasteiger partial charge is 0.466 e. The minimum absolute atomic E-state index is 0.184. The van der Waals surface area contributed by atoms with Crippen LogP contribution in [0, 0.1) is 0 Å². The van der Waals surface area contributed by atoms with Gasteiger partial charge in [-0.25, -0.2) is 0 Å². The van der Waals surface area contributed by atoms with Crippen molar-refractivity contribution in [2.24, 2.45) is 5.73 Å². The Bertz CT molecular complexity index is 372. The molecule has 1 atom stereocenters. The molecular formula is C13H22BrN3O. The normalized spacial score (nSPS) is 20.5. The van der Waals surface area contributed by atoms with E-state index in [0.717, 1.165) is 36.4 Å². The van der Waals surface area contributed by atoms with E-state index in [4.69, 9.17) is 10.2 Å². The smallest absolute Gasteiger partial charge is 0.136 e. The van der Waals surface area contributed by atoms with Gasteiger partial charge in [0.2, 0.25) is 0 Å². The second-order valence-electron chi connectivity index (χ2n) is 5.05. The van der Waals surface area contributed by atoms with Crippen LogP contribution < -0.4 is 5.73 Å². The van der Waals surface area contributed by atoms with Gasteiger partial charge in [0.15, 0.2) is 0 Å². The van der Waals surface area contributed by atoms with Crippen LogP contribution in [0.15, 0.2) is 21.2 Å². The van der Waals surface area contributed by atoms with Crippen LogP contribution in [-0.4, -0.2) is 48.6 Å². The lowest BCUT2D eigenvalue weighted by atomic mass is 10.1. The molecule has 18 heavy (non-hydrogen) atoms. The summed E-state index contributed by atoms with van der Waals surface area (Å²) in [5.41, 5.74) is 5.92. The third kappa shape index (κ3) is 2.96. The molecule has 4 nitrogen and oxygen atoms in total. The second kappa shape index (κ2) is 6.19. The van der Waals surface area contributed by atoms with E-state index >= 15 is 0 Å². The van der Waals surface area contributed by atoms with Crippen LogP contribution in [0.3, 0.4) is 0 Å². The van der Waals surface area contributed by atoms with Crippen LogP contribution in [0.5, 0.6) is 0 Å². The lowest BCUT2D eigenvalue weighted by molar-refractivity contribution is 0.0727. The number of furan rings is 1. The molecule has 1 saturated heterocycles. The summed E-state index contributed by atoms with van der Waals surface area (Å²) in [6, 6.07) is 2.74. The first kappa shape index (κ1) is 14.1. The average molecular weight is 316 g/mol. The summed E-state index contributed by atoms with van der Waals surface area (Å²) < 4.78 is 6.58. The Kier molecular flexibility index (Phi) is 4.84. The van der Waals surface area contributed by atoms with Gasteiger partial charge in [-0.3, -0.25) is 9.80 Å². The van der Waals surface area contributed by atoms with E-state index in [1.54, 1.807) is 6.26 Å². The van der Waals surface area contributed by atoms with Crippen molar-refractivity contribution in [2.75, 3.05) is 32.7 Å². The molecule has 1 aromatic heterocycles. The molecule has 102 valence electrons. The summed E-state index contributed by atoms with van der Waals surface area (Å²) in [5, 5.41) is 0. The van der Waals surface area contributed by atoms with Crippen LogP contribution in [0.25, 0.3) is 0 Å². The summed E-state index contributed by atoms with van der Waals surface area (Å²) in [4.78, 5) is 4.92. The molecule has 0 spiro atoms. The van der Waals surface area contributed by atoms with Gasteiger partial charge in [-0.1, -0.05) is 0 Å². The SMILES string of the molecule is CC(C)N1CCN(C(CN)c2occc2Br)CC1. The van der Waals surface area contributed by atoms with Crippen molar-refractivity contribution in [1.82, 2.24) is 9.80 Å². The Morgan fingerprint density at radius 3 is 2.33 bits per heavy atom. The average Bonchev–Trinajstić information content (AvgIpc) is 2.78. The van der Waals surface area contributed by atoms with Crippen molar-refractivity contribution in [3.63, 3.8) is 0 Å². The van der Waals surface area contributed by atoms with Crippen molar-refractivity contribution in [1.29, 1.82) is 0 Å². The number of nitrogens with zero attached hydrogens (tertiary/aromatic N) is 2. The zero-order chi connectivity index (χ0) is 13.1. The minimum atomic E-state index is 0.184. The van der Waals surface area contributed by atoms with Crippen molar-refractivity contribution < 1.29 is 4.42 Å². The van der Waals surface area contributed by atoms with E-state index < -0.39 is 0 Å². The minimum Gasteiger partial charge on any atom is -0.466 e. The first-order chi connectivity index (χ1) is 8.63. The molecule has 2 N–H and O–H groups in total. The molecule has 5 heteroatoms. The zero-order valence-electron chi connectivity index (χ0n) is 11.1. The van der Waals surface area contributed by atoms with E-state index in [0.29, 0.717) is 12.6 Å². The molecule has 0 radical (unpaired) electrons. The number of piperazine rings is 1. The Morgan fingerprint density at radius 2 is 1.89 bits per heavy atom. The third-order valence-corrected chi connectivity index (χ3v) is 4.35. The topological polar surface area (TPSA) is 45.6 Å². The molecule has 0 aliphatic carbocycles. The maximum absolute atomic E-state index is 5.92. The fourth-order valence-electron chi connectivity index (χ4n) is 2.53. The molecule has 1 aliphatic heterocycles. The van der Waals surface area contributed by atoms with Gasteiger partial charge in [0.05, 0.1) is 16.8 Å². The van der Waals surface area contributed by atoms with Gasteiger partial charge in [0.1, 0.15) is 5.76 Å². The standard InChI is InChI=1S/C13H22BrN3O/c1-10(2)16-4-6-17(7-5-16)12(9-15)13-11(14)3-8-18-13/h3,8,10,12H,4-7,9,15H2,1-2H3. The van der Waals surface area contributed by atoms with Gasteiger partial charge >= 0.3 is 0 Å². The van der Waals surface area contributed by atoms with Gasteiger partial charge in [0, 0.05) is 38.8 Å². The number of halogens is 1. The highest BCUT2D eigenvalue weighted by molar-refractivity contribution is 9.10. The van der Waals surface area contributed by atoms with Gasteiger partial charge < -0.3 is 10.2 Å². The Hall–Kier alpha value is -0.360. The first-order valence-electron chi connectivity index (χ1n) is 6.54. The molecule has 1 aliphatic rings. The summed E-state index contributed by atoms with van der Waals surface area (Å²) >= 11 is 3.52. The summed E-state index contributed by atoms with van der Waals surface area (Å²) in [5.74, 6) is 0.954. The zero-order valence-corrected chi connectivity index (χ0v) is 12.7. The van der Waals surface area contributed by atoms with E-state index in [1.165, 1.54) is 0 Å². The van der Waals surface area contributed by atoms with Crippen LogP contribution in [0.1, 0.15) is 25.6 Å². The van der Waals surface area contributed by atoms with Crippen molar-refractivity contribution >= 4 is 15.9 Å². The second-order valence-corrected chi connectivity index (χ2v) is 5.90. The molecule has 1 fully saturated rings. The van der Waals surface area contributed by atoms with Crippen LogP contribution in [0.2, 0.25) is 0 Å².